The van der Waals surface area contributed by atoms with Crippen molar-refractivity contribution in [1.82, 2.24) is 10.2 Å². The summed E-state index contributed by atoms with van der Waals surface area (Å²) in [4.78, 5) is 2.56. The number of nitrogens with one attached hydrogen (secondary N) is 1. The van der Waals surface area contributed by atoms with Crippen molar-refractivity contribution in [1.29, 1.82) is 0 Å². The van der Waals surface area contributed by atoms with Crippen LogP contribution in [0.2, 0.25) is 18.1 Å². The number of hydrogen-bond acceptors (Lipinski definition) is 4. The molecule has 2 saturated heterocycles. The third kappa shape index (κ3) is 3.79. The molecule has 0 aromatic heterocycles. The zero-order valence-corrected chi connectivity index (χ0v) is 14.2. The van der Waals surface area contributed by atoms with E-state index in [2.05, 4.69) is 44.1 Å². The highest BCUT2D eigenvalue weighted by atomic mass is 28.4. The summed E-state index contributed by atoms with van der Waals surface area (Å²) in [5.41, 5.74) is 0. The fraction of sp³-hybridized carbons (Fsp3) is 1.00. The van der Waals surface area contributed by atoms with Crippen LogP contribution in [0.25, 0.3) is 0 Å². The molecule has 2 atom stereocenters. The van der Waals surface area contributed by atoms with Crippen LogP contribution in [0.3, 0.4) is 0 Å². The van der Waals surface area contributed by atoms with E-state index in [1.807, 2.05) is 0 Å². The third-order valence-electron chi connectivity index (χ3n) is 4.90. The number of morpholine rings is 1. The molecule has 2 aliphatic rings. The van der Waals surface area contributed by atoms with Crippen molar-refractivity contribution in [3.8, 4) is 0 Å². The van der Waals surface area contributed by atoms with Gasteiger partial charge in [0.1, 0.15) is 0 Å². The van der Waals surface area contributed by atoms with Crippen LogP contribution in [0.15, 0.2) is 0 Å². The summed E-state index contributed by atoms with van der Waals surface area (Å²) in [6.07, 6.45) is 0. The lowest BCUT2D eigenvalue weighted by atomic mass is 10.1. The molecule has 0 aromatic rings. The van der Waals surface area contributed by atoms with Crippen molar-refractivity contribution < 1.29 is 9.16 Å². The number of nitrogens with zero attached hydrogens (tertiary/aromatic N) is 1. The van der Waals surface area contributed by atoms with Gasteiger partial charge in [0, 0.05) is 31.7 Å². The predicted octanol–water partition coefficient (Wildman–Crippen LogP) is 1.68. The number of ether oxygens (including phenoxy) is 1. The van der Waals surface area contributed by atoms with E-state index in [4.69, 9.17) is 9.16 Å². The smallest absolute Gasteiger partial charge is 0.192 e. The topological polar surface area (TPSA) is 33.7 Å². The van der Waals surface area contributed by atoms with Crippen LogP contribution >= 0.6 is 0 Å². The molecule has 0 spiro atoms. The van der Waals surface area contributed by atoms with Gasteiger partial charge in [-0.1, -0.05) is 20.8 Å². The highest BCUT2D eigenvalue weighted by Crippen LogP contribution is 2.36. The summed E-state index contributed by atoms with van der Waals surface area (Å²) >= 11 is 0. The summed E-state index contributed by atoms with van der Waals surface area (Å²) < 4.78 is 11.9. The summed E-state index contributed by atoms with van der Waals surface area (Å²) in [6.45, 7) is 17.4. The zero-order chi connectivity index (χ0) is 14.1. The molecule has 2 aliphatic heterocycles. The van der Waals surface area contributed by atoms with Gasteiger partial charge in [0.05, 0.1) is 19.8 Å². The summed E-state index contributed by atoms with van der Waals surface area (Å²) in [6, 6.07) is 1.04. The second kappa shape index (κ2) is 5.82. The highest BCUT2D eigenvalue weighted by Gasteiger charge is 2.38. The first-order valence-corrected chi connectivity index (χ1v) is 10.4. The largest absolute Gasteiger partial charge is 0.415 e. The van der Waals surface area contributed by atoms with E-state index >= 15 is 0 Å². The van der Waals surface area contributed by atoms with Gasteiger partial charge in [-0.15, -0.1) is 0 Å². The molecule has 1 unspecified atom stereocenters. The Balaban J connectivity index is 1.81. The van der Waals surface area contributed by atoms with Crippen LogP contribution in [-0.4, -0.2) is 64.8 Å². The fourth-order valence-electron chi connectivity index (χ4n) is 2.40. The fourth-order valence-corrected chi connectivity index (χ4v) is 3.46. The van der Waals surface area contributed by atoms with Crippen molar-refractivity contribution in [3.05, 3.63) is 0 Å². The third-order valence-corrected chi connectivity index (χ3v) is 9.40. The lowest BCUT2D eigenvalue weighted by Crippen LogP contribution is -2.62. The first kappa shape index (κ1) is 15.4. The van der Waals surface area contributed by atoms with Gasteiger partial charge >= 0.3 is 0 Å². The van der Waals surface area contributed by atoms with E-state index in [1.165, 1.54) is 0 Å². The molecular formula is C14H30N2O2Si. The molecule has 0 aliphatic carbocycles. The maximum atomic E-state index is 6.33. The van der Waals surface area contributed by atoms with Crippen LogP contribution in [0.5, 0.6) is 0 Å². The number of rotatable bonds is 3. The standard InChI is InChI=1S/C14H30N2O2Si/c1-14(2,3)19(4,5)18-10-12-9-16-6-7-17-11-13(16)8-15-12/h12-13,15H,6-11H2,1-5H3/t12-,13?/m0/s1. The van der Waals surface area contributed by atoms with Gasteiger partial charge in [0.25, 0.3) is 0 Å². The van der Waals surface area contributed by atoms with Crippen molar-refractivity contribution in [2.45, 2.75) is 51.0 Å². The molecule has 0 radical (unpaired) electrons. The summed E-state index contributed by atoms with van der Waals surface area (Å²) in [7, 11) is -1.62. The normalized spacial score (nSPS) is 30.2. The molecule has 0 aromatic carbocycles. The Kier molecular flexibility index (Phi) is 4.73. The van der Waals surface area contributed by atoms with Gasteiger partial charge < -0.3 is 14.5 Å². The molecule has 5 heteroatoms. The van der Waals surface area contributed by atoms with Crippen molar-refractivity contribution in [3.63, 3.8) is 0 Å². The van der Waals surface area contributed by atoms with Crippen LogP contribution in [0.1, 0.15) is 20.8 Å². The lowest BCUT2D eigenvalue weighted by Gasteiger charge is -2.44. The van der Waals surface area contributed by atoms with Gasteiger partial charge in [-0.3, -0.25) is 4.90 Å². The van der Waals surface area contributed by atoms with Crippen LogP contribution < -0.4 is 5.32 Å². The Bertz CT molecular complexity index is 304. The Morgan fingerprint density at radius 3 is 2.79 bits per heavy atom. The van der Waals surface area contributed by atoms with Crippen molar-refractivity contribution in [2.24, 2.45) is 0 Å². The minimum Gasteiger partial charge on any atom is -0.415 e. The molecule has 1 N–H and O–H groups in total. The molecule has 0 amide bonds. The summed E-state index contributed by atoms with van der Waals surface area (Å²) in [5, 5.41) is 3.91. The molecule has 4 nitrogen and oxygen atoms in total. The Morgan fingerprint density at radius 1 is 1.37 bits per heavy atom. The van der Waals surface area contributed by atoms with E-state index in [-0.39, 0.29) is 0 Å². The Labute approximate surface area is 119 Å². The zero-order valence-electron chi connectivity index (χ0n) is 13.2. The van der Waals surface area contributed by atoms with E-state index in [0.717, 1.165) is 39.5 Å². The first-order valence-electron chi connectivity index (χ1n) is 7.49. The molecule has 19 heavy (non-hydrogen) atoms. The quantitative estimate of drug-likeness (QED) is 0.801. The number of hydrogen-bond donors (Lipinski definition) is 1. The minimum absolute atomic E-state index is 0.295. The lowest BCUT2D eigenvalue weighted by molar-refractivity contribution is -0.0301. The average Bonchev–Trinajstić information content (AvgIpc) is 2.35. The maximum absolute atomic E-state index is 6.33. The number of piperazine rings is 1. The predicted molar refractivity (Wildman–Crippen MR) is 81.1 cm³/mol. The SMILES string of the molecule is CC(C)(C)[Si](C)(C)OC[C@@H]1CN2CCOCC2CN1. The van der Waals surface area contributed by atoms with Gasteiger partial charge in [-0.25, -0.2) is 0 Å². The van der Waals surface area contributed by atoms with Crippen LogP contribution in [-0.2, 0) is 9.16 Å². The second-order valence-electron chi connectivity index (χ2n) is 7.40. The van der Waals surface area contributed by atoms with Crippen molar-refractivity contribution >= 4 is 8.32 Å². The van der Waals surface area contributed by atoms with E-state index in [9.17, 15) is 0 Å². The maximum Gasteiger partial charge on any atom is 0.192 e. The van der Waals surface area contributed by atoms with Crippen LogP contribution in [0.4, 0.5) is 0 Å². The second-order valence-corrected chi connectivity index (χ2v) is 12.2. The van der Waals surface area contributed by atoms with Crippen molar-refractivity contribution in [2.75, 3.05) is 39.5 Å². The van der Waals surface area contributed by atoms with Crippen LogP contribution in [0, 0.1) is 0 Å². The first-order chi connectivity index (χ1) is 8.79. The Hall–Kier alpha value is 0.0569. The van der Waals surface area contributed by atoms with E-state index < -0.39 is 8.32 Å². The molecule has 2 heterocycles. The monoisotopic (exact) mass is 286 g/mol. The molecule has 0 saturated carbocycles. The Morgan fingerprint density at radius 2 is 2.11 bits per heavy atom. The molecule has 0 bridgehead atoms. The van der Waals surface area contributed by atoms with Gasteiger partial charge in [0.2, 0.25) is 0 Å². The summed E-state index contributed by atoms with van der Waals surface area (Å²) in [5.74, 6) is 0. The number of fused-ring (bicyclic) bond motifs is 1. The van der Waals surface area contributed by atoms with Gasteiger partial charge in [-0.2, -0.15) is 0 Å². The van der Waals surface area contributed by atoms with E-state index in [0.29, 0.717) is 17.1 Å². The van der Waals surface area contributed by atoms with Gasteiger partial charge in [0.15, 0.2) is 8.32 Å². The molecule has 112 valence electrons. The van der Waals surface area contributed by atoms with E-state index in [1.54, 1.807) is 0 Å². The minimum atomic E-state index is -1.62. The molecule has 2 rings (SSSR count). The highest BCUT2D eigenvalue weighted by molar-refractivity contribution is 6.74. The van der Waals surface area contributed by atoms with Gasteiger partial charge in [-0.05, 0) is 18.1 Å². The molecule has 2 fully saturated rings. The molecular weight excluding hydrogens is 256 g/mol. The average molecular weight is 286 g/mol.